The summed E-state index contributed by atoms with van der Waals surface area (Å²) in [5.41, 5.74) is 3.18. The quantitative estimate of drug-likeness (QED) is 0.413. The van der Waals surface area contributed by atoms with Crippen LogP contribution in [0.4, 0.5) is 0 Å². The van der Waals surface area contributed by atoms with Crippen molar-refractivity contribution in [1.29, 1.82) is 0 Å². The Kier molecular flexibility index (Phi) is 5.21. The Morgan fingerprint density at radius 3 is 2.70 bits per heavy atom. The van der Waals surface area contributed by atoms with Crippen LogP contribution in [0.5, 0.6) is 23.0 Å². The fourth-order valence-electron chi connectivity index (χ4n) is 3.47. The zero-order chi connectivity index (χ0) is 22.9. The second kappa shape index (κ2) is 8.34. The van der Waals surface area contributed by atoms with Crippen molar-refractivity contribution in [3.63, 3.8) is 0 Å². The molecule has 0 saturated heterocycles. The minimum atomic E-state index is -0.541. The minimum absolute atomic E-state index is 0.163. The Labute approximate surface area is 189 Å². The number of esters is 1. The van der Waals surface area contributed by atoms with Gasteiger partial charge in [0.25, 0.3) is 0 Å². The summed E-state index contributed by atoms with van der Waals surface area (Å²) >= 11 is 0. The molecule has 9 heteroatoms. The molecule has 0 radical (unpaired) electrons. The van der Waals surface area contributed by atoms with Gasteiger partial charge < -0.3 is 28.2 Å². The Hall–Kier alpha value is -4.27. The molecule has 9 nitrogen and oxygen atoms in total. The van der Waals surface area contributed by atoms with Crippen molar-refractivity contribution in [2.24, 2.45) is 4.99 Å². The lowest BCUT2D eigenvalue weighted by Gasteiger charge is -2.11. The highest BCUT2D eigenvalue weighted by atomic mass is 16.7. The number of benzene rings is 2. The number of aromatic nitrogens is 1. The normalized spacial score (nSPS) is 15.5. The lowest BCUT2D eigenvalue weighted by atomic mass is 10.1. The summed E-state index contributed by atoms with van der Waals surface area (Å²) in [6.45, 7) is 4.16. The van der Waals surface area contributed by atoms with Crippen LogP contribution in [0, 0.1) is 13.8 Å². The van der Waals surface area contributed by atoms with Gasteiger partial charge in [-0.15, -0.1) is 0 Å². The van der Waals surface area contributed by atoms with E-state index in [1.807, 2.05) is 13.8 Å². The maximum Gasteiger partial charge on any atom is 0.363 e. The van der Waals surface area contributed by atoms with Gasteiger partial charge >= 0.3 is 5.97 Å². The van der Waals surface area contributed by atoms with E-state index >= 15 is 0 Å². The molecule has 3 aromatic rings. The molecule has 0 aliphatic carbocycles. The number of nitrogens with zero attached hydrogens (tertiary/aromatic N) is 2. The summed E-state index contributed by atoms with van der Waals surface area (Å²) in [5.74, 6) is 2.67. The third-order valence-corrected chi connectivity index (χ3v) is 5.28. The van der Waals surface area contributed by atoms with Gasteiger partial charge in [-0.05, 0) is 55.8 Å². The average Bonchev–Trinajstić information content (AvgIpc) is 3.52. The first kappa shape index (κ1) is 20.6. The van der Waals surface area contributed by atoms with Gasteiger partial charge in [0.05, 0.1) is 18.4 Å². The maximum absolute atomic E-state index is 12.4. The monoisotopic (exact) mass is 448 g/mol. The molecule has 0 spiro atoms. The largest absolute Gasteiger partial charge is 0.493 e. The number of carbonyl (C=O) groups excluding carboxylic acids is 1. The molecule has 5 rings (SSSR count). The maximum atomic E-state index is 12.4. The third kappa shape index (κ3) is 4.00. The van der Waals surface area contributed by atoms with Gasteiger partial charge in [0.2, 0.25) is 12.7 Å². The van der Waals surface area contributed by atoms with Gasteiger partial charge in [0.1, 0.15) is 12.4 Å². The van der Waals surface area contributed by atoms with Crippen molar-refractivity contribution in [3.8, 4) is 23.0 Å². The second-order valence-corrected chi connectivity index (χ2v) is 7.41. The minimum Gasteiger partial charge on any atom is -0.493 e. The highest BCUT2D eigenvalue weighted by Gasteiger charge is 2.26. The number of fused-ring (bicyclic) bond motifs is 1. The SMILES string of the molecule is COc1cc(/C=C2\N=C(c3ccc4c(c3)OCO4)OC2=O)ccc1OCc1c(C)noc1C. The number of hydrogen-bond donors (Lipinski definition) is 0. The first-order valence-electron chi connectivity index (χ1n) is 10.2. The van der Waals surface area contributed by atoms with E-state index in [9.17, 15) is 4.79 Å². The molecule has 2 aromatic carbocycles. The zero-order valence-electron chi connectivity index (χ0n) is 18.2. The van der Waals surface area contributed by atoms with Crippen LogP contribution in [0.3, 0.4) is 0 Å². The Morgan fingerprint density at radius 2 is 1.91 bits per heavy atom. The summed E-state index contributed by atoms with van der Waals surface area (Å²) in [4.78, 5) is 16.7. The van der Waals surface area contributed by atoms with E-state index in [1.54, 1.807) is 49.6 Å². The van der Waals surface area contributed by atoms with E-state index in [1.165, 1.54) is 0 Å². The van der Waals surface area contributed by atoms with Crippen molar-refractivity contribution in [1.82, 2.24) is 5.16 Å². The fraction of sp³-hybridized carbons (Fsp3) is 0.208. The van der Waals surface area contributed by atoms with Crippen LogP contribution < -0.4 is 18.9 Å². The fourth-order valence-corrected chi connectivity index (χ4v) is 3.47. The van der Waals surface area contributed by atoms with Crippen LogP contribution in [-0.4, -0.2) is 30.9 Å². The molecule has 1 aromatic heterocycles. The molecule has 2 aliphatic rings. The van der Waals surface area contributed by atoms with Gasteiger partial charge in [-0.25, -0.2) is 9.79 Å². The van der Waals surface area contributed by atoms with Gasteiger partial charge in [-0.2, -0.15) is 0 Å². The standard InChI is InChI=1S/C24H20N2O7/c1-13-17(14(2)33-26-13)11-29-19-6-4-15(9-21(19)28-3)8-18-24(27)32-23(25-18)16-5-7-20-22(10-16)31-12-30-20/h4-10H,11-12H2,1-3H3/b18-8-. The lowest BCUT2D eigenvalue weighted by molar-refractivity contribution is -0.129. The van der Waals surface area contributed by atoms with Crippen LogP contribution in [0.25, 0.3) is 6.08 Å². The van der Waals surface area contributed by atoms with E-state index in [2.05, 4.69) is 10.1 Å². The van der Waals surface area contributed by atoms with Crippen molar-refractivity contribution in [2.45, 2.75) is 20.5 Å². The second-order valence-electron chi connectivity index (χ2n) is 7.41. The number of rotatable bonds is 6. The van der Waals surface area contributed by atoms with E-state index < -0.39 is 5.97 Å². The Morgan fingerprint density at radius 1 is 1.06 bits per heavy atom. The smallest absolute Gasteiger partial charge is 0.363 e. The number of ether oxygens (including phenoxy) is 5. The van der Waals surface area contributed by atoms with Crippen LogP contribution >= 0.6 is 0 Å². The highest BCUT2D eigenvalue weighted by Crippen LogP contribution is 2.34. The average molecular weight is 448 g/mol. The van der Waals surface area contributed by atoms with Crippen LogP contribution in [0.15, 0.2) is 51.6 Å². The van der Waals surface area contributed by atoms with E-state index in [-0.39, 0.29) is 18.4 Å². The van der Waals surface area contributed by atoms with Crippen molar-refractivity contribution >= 4 is 17.9 Å². The highest BCUT2D eigenvalue weighted by molar-refractivity contribution is 6.13. The number of carbonyl (C=O) groups is 1. The first-order chi connectivity index (χ1) is 16.0. The molecular formula is C24H20N2O7. The number of methoxy groups -OCH3 is 1. The molecule has 33 heavy (non-hydrogen) atoms. The van der Waals surface area contributed by atoms with Crippen molar-refractivity contribution < 1.29 is 33.0 Å². The molecule has 0 saturated carbocycles. The predicted octanol–water partition coefficient (Wildman–Crippen LogP) is 3.95. The summed E-state index contributed by atoms with van der Waals surface area (Å²) < 4.78 is 32.6. The molecular weight excluding hydrogens is 428 g/mol. The van der Waals surface area contributed by atoms with Gasteiger partial charge in [0, 0.05) is 5.56 Å². The molecule has 2 aliphatic heterocycles. The van der Waals surface area contributed by atoms with Crippen molar-refractivity contribution in [2.75, 3.05) is 13.9 Å². The van der Waals surface area contributed by atoms with Gasteiger partial charge in [0.15, 0.2) is 28.7 Å². The summed E-state index contributed by atoms with van der Waals surface area (Å²) in [6.07, 6.45) is 1.63. The van der Waals surface area contributed by atoms with Crippen LogP contribution in [0.1, 0.15) is 28.1 Å². The van der Waals surface area contributed by atoms with Crippen molar-refractivity contribution in [3.05, 3.63) is 70.2 Å². The summed E-state index contributed by atoms with van der Waals surface area (Å²) in [6, 6.07) is 10.6. The first-order valence-corrected chi connectivity index (χ1v) is 10.2. The number of aryl methyl sites for hydroxylation is 2. The van der Waals surface area contributed by atoms with E-state index in [4.69, 9.17) is 28.2 Å². The van der Waals surface area contributed by atoms with Gasteiger partial charge in [-0.1, -0.05) is 11.2 Å². The van der Waals surface area contributed by atoms with E-state index in [0.29, 0.717) is 46.5 Å². The molecule has 0 atom stereocenters. The molecule has 168 valence electrons. The van der Waals surface area contributed by atoms with E-state index in [0.717, 1.165) is 11.3 Å². The number of hydrogen-bond acceptors (Lipinski definition) is 9. The Bertz CT molecular complexity index is 1290. The number of aliphatic imine (C=N–C) groups is 1. The molecule has 3 heterocycles. The van der Waals surface area contributed by atoms with Crippen LogP contribution in [-0.2, 0) is 16.1 Å². The summed E-state index contributed by atoms with van der Waals surface area (Å²) in [5, 5.41) is 3.93. The molecule has 0 N–H and O–H groups in total. The number of cyclic esters (lactones) is 1. The molecule has 0 fully saturated rings. The predicted molar refractivity (Wildman–Crippen MR) is 116 cm³/mol. The van der Waals surface area contributed by atoms with Gasteiger partial charge in [-0.3, -0.25) is 0 Å². The molecule has 0 amide bonds. The topological polar surface area (TPSA) is 102 Å². The Balaban J connectivity index is 1.36. The summed E-state index contributed by atoms with van der Waals surface area (Å²) in [7, 11) is 1.55. The molecule has 0 bridgehead atoms. The third-order valence-electron chi connectivity index (χ3n) is 5.28. The molecule has 0 unspecified atom stereocenters. The zero-order valence-corrected chi connectivity index (χ0v) is 18.2. The van der Waals surface area contributed by atoms with Crippen LogP contribution in [0.2, 0.25) is 0 Å². The lowest BCUT2D eigenvalue weighted by Crippen LogP contribution is -2.05.